The van der Waals surface area contributed by atoms with Gasteiger partial charge in [-0.1, -0.05) is 0 Å². The molecule has 0 radical (unpaired) electrons. The average molecular weight is 362 g/mol. The van der Waals surface area contributed by atoms with Crippen LogP contribution in [-0.4, -0.2) is 67.8 Å². The van der Waals surface area contributed by atoms with Gasteiger partial charge in [-0.2, -0.15) is 5.10 Å². The molecule has 2 aliphatic rings. The third kappa shape index (κ3) is 2.80. The van der Waals surface area contributed by atoms with Crippen molar-refractivity contribution in [3.8, 4) is 5.88 Å². The zero-order valence-corrected chi connectivity index (χ0v) is 14.2. The third-order valence-electron chi connectivity index (χ3n) is 4.79. The second-order valence-electron chi connectivity index (χ2n) is 6.38. The molecule has 1 fully saturated rings. The topological polar surface area (TPSA) is 96.6 Å². The molecule has 0 bridgehead atoms. The van der Waals surface area contributed by atoms with Crippen molar-refractivity contribution >= 4 is 17.7 Å². The maximum Gasteiger partial charge on any atom is 0.407 e. The largest absolute Gasteiger partial charge is 0.471 e. The normalized spacial score (nSPS) is 22.4. The van der Waals surface area contributed by atoms with Crippen LogP contribution >= 0.6 is 0 Å². The zero-order chi connectivity index (χ0) is 18.3. The Morgan fingerprint density at radius 3 is 2.96 bits per heavy atom. The Kier molecular flexibility index (Phi) is 4.09. The Balaban J connectivity index is 1.53. The first kappa shape index (κ1) is 16.6. The molecule has 9 nitrogen and oxygen atoms in total. The number of likely N-dealkylation sites (tertiary alicyclic amines) is 1. The minimum absolute atomic E-state index is 0.192. The number of halogens is 1. The lowest BCUT2D eigenvalue weighted by Crippen LogP contribution is -2.48. The van der Waals surface area contributed by atoms with Crippen molar-refractivity contribution in [2.45, 2.75) is 32.2 Å². The Bertz CT molecular complexity index is 828. The SMILES string of the molecule is Cc1c(O[C@H]2CCN(C(=O)O)C[C@H]2F)ncnc1N1CCn2nccc21. The molecule has 2 aromatic heterocycles. The van der Waals surface area contributed by atoms with Crippen molar-refractivity contribution in [1.82, 2.24) is 24.6 Å². The quantitative estimate of drug-likeness (QED) is 0.886. The number of hydrogen-bond acceptors (Lipinski definition) is 6. The molecule has 2 aliphatic heterocycles. The van der Waals surface area contributed by atoms with E-state index in [9.17, 15) is 9.18 Å². The number of ether oxygens (including phenoxy) is 1. The number of aromatic nitrogens is 4. The van der Waals surface area contributed by atoms with Gasteiger partial charge in [0, 0.05) is 25.6 Å². The van der Waals surface area contributed by atoms with Gasteiger partial charge >= 0.3 is 6.09 Å². The summed E-state index contributed by atoms with van der Waals surface area (Å²) in [6.45, 7) is 3.39. The summed E-state index contributed by atoms with van der Waals surface area (Å²) in [5.41, 5.74) is 0.718. The lowest BCUT2D eigenvalue weighted by molar-refractivity contribution is 0.0222. The number of alkyl halides is 1. The molecule has 4 heterocycles. The number of amides is 1. The molecule has 0 saturated carbocycles. The van der Waals surface area contributed by atoms with Crippen LogP contribution in [0, 0.1) is 6.92 Å². The van der Waals surface area contributed by atoms with Crippen LogP contribution in [0.3, 0.4) is 0 Å². The van der Waals surface area contributed by atoms with Crippen LogP contribution in [0.1, 0.15) is 12.0 Å². The first-order valence-electron chi connectivity index (χ1n) is 8.44. The highest BCUT2D eigenvalue weighted by Gasteiger charge is 2.34. The standard InChI is InChI=1S/C16H19FN6O3/c1-10-14(22-6-7-23-13(22)2-4-20-23)18-9-19-15(10)26-12-3-5-21(16(24)25)8-11(12)17/h2,4,9,11-12H,3,5-8H2,1H3,(H,24,25)/t11-,12+/m1/s1. The molecule has 26 heavy (non-hydrogen) atoms. The molecule has 0 unspecified atom stereocenters. The highest BCUT2D eigenvalue weighted by atomic mass is 19.1. The van der Waals surface area contributed by atoms with E-state index in [2.05, 4.69) is 15.1 Å². The van der Waals surface area contributed by atoms with E-state index in [0.29, 0.717) is 11.7 Å². The van der Waals surface area contributed by atoms with E-state index in [1.807, 2.05) is 22.6 Å². The molecular weight excluding hydrogens is 343 g/mol. The van der Waals surface area contributed by atoms with Crippen molar-refractivity contribution in [2.75, 3.05) is 24.5 Å². The fraction of sp³-hybridized carbons (Fsp3) is 0.500. The van der Waals surface area contributed by atoms with Crippen molar-refractivity contribution in [2.24, 2.45) is 0 Å². The highest BCUT2D eigenvalue weighted by Crippen LogP contribution is 2.33. The van der Waals surface area contributed by atoms with E-state index in [-0.39, 0.29) is 19.5 Å². The number of rotatable bonds is 3. The number of carbonyl (C=O) groups is 1. The van der Waals surface area contributed by atoms with Crippen molar-refractivity contribution in [3.63, 3.8) is 0 Å². The van der Waals surface area contributed by atoms with Crippen LogP contribution < -0.4 is 9.64 Å². The predicted molar refractivity (Wildman–Crippen MR) is 89.5 cm³/mol. The van der Waals surface area contributed by atoms with Crippen molar-refractivity contribution < 1.29 is 19.0 Å². The molecular formula is C16H19FN6O3. The van der Waals surface area contributed by atoms with Gasteiger partial charge < -0.3 is 19.6 Å². The van der Waals surface area contributed by atoms with Crippen LogP contribution in [0.2, 0.25) is 0 Å². The molecule has 2 atom stereocenters. The fourth-order valence-electron chi connectivity index (χ4n) is 3.40. The van der Waals surface area contributed by atoms with Crippen LogP contribution in [0.4, 0.5) is 20.8 Å². The average Bonchev–Trinajstić information content (AvgIpc) is 3.22. The molecule has 0 spiro atoms. The first-order valence-corrected chi connectivity index (χ1v) is 8.44. The summed E-state index contributed by atoms with van der Waals surface area (Å²) < 4.78 is 22.0. The molecule has 4 rings (SSSR count). The number of anilines is 2. The Morgan fingerprint density at radius 2 is 2.19 bits per heavy atom. The fourth-order valence-corrected chi connectivity index (χ4v) is 3.40. The summed E-state index contributed by atoms with van der Waals surface area (Å²) in [4.78, 5) is 22.6. The van der Waals surface area contributed by atoms with Crippen LogP contribution in [-0.2, 0) is 6.54 Å². The maximum absolute atomic E-state index is 14.3. The monoisotopic (exact) mass is 362 g/mol. The number of fused-ring (bicyclic) bond motifs is 1. The second kappa shape index (κ2) is 6.43. The van der Waals surface area contributed by atoms with Gasteiger partial charge in [-0.3, -0.25) is 0 Å². The predicted octanol–water partition coefficient (Wildman–Crippen LogP) is 1.60. The van der Waals surface area contributed by atoms with E-state index in [0.717, 1.165) is 29.4 Å². The summed E-state index contributed by atoms with van der Waals surface area (Å²) in [7, 11) is 0. The van der Waals surface area contributed by atoms with Gasteiger partial charge in [0.25, 0.3) is 0 Å². The maximum atomic E-state index is 14.3. The Morgan fingerprint density at radius 1 is 1.35 bits per heavy atom. The first-order chi connectivity index (χ1) is 12.5. The summed E-state index contributed by atoms with van der Waals surface area (Å²) >= 11 is 0. The molecule has 1 saturated heterocycles. The number of hydrogen-bond donors (Lipinski definition) is 1. The van der Waals surface area contributed by atoms with E-state index in [1.54, 1.807) is 6.20 Å². The summed E-state index contributed by atoms with van der Waals surface area (Å²) in [6.07, 6.45) is 0.178. The summed E-state index contributed by atoms with van der Waals surface area (Å²) in [5, 5.41) is 13.2. The molecule has 138 valence electrons. The van der Waals surface area contributed by atoms with Gasteiger partial charge in [0.15, 0.2) is 6.17 Å². The molecule has 1 N–H and O–H groups in total. The van der Waals surface area contributed by atoms with Gasteiger partial charge in [0.1, 0.15) is 24.1 Å². The molecule has 10 heteroatoms. The van der Waals surface area contributed by atoms with E-state index in [4.69, 9.17) is 9.84 Å². The lowest BCUT2D eigenvalue weighted by Gasteiger charge is -2.33. The molecule has 0 aliphatic carbocycles. The molecule has 0 aromatic carbocycles. The van der Waals surface area contributed by atoms with E-state index < -0.39 is 18.4 Å². The summed E-state index contributed by atoms with van der Waals surface area (Å²) in [6, 6.07) is 1.91. The van der Waals surface area contributed by atoms with Crippen LogP contribution in [0.15, 0.2) is 18.6 Å². The number of nitrogens with zero attached hydrogens (tertiary/aromatic N) is 6. The van der Waals surface area contributed by atoms with Crippen LogP contribution in [0.5, 0.6) is 5.88 Å². The Hall–Kier alpha value is -2.91. The Labute approximate surface area is 149 Å². The zero-order valence-electron chi connectivity index (χ0n) is 14.2. The second-order valence-corrected chi connectivity index (χ2v) is 6.38. The van der Waals surface area contributed by atoms with Crippen LogP contribution in [0.25, 0.3) is 0 Å². The third-order valence-corrected chi connectivity index (χ3v) is 4.79. The van der Waals surface area contributed by atoms with Gasteiger partial charge in [-0.15, -0.1) is 0 Å². The van der Waals surface area contributed by atoms with Gasteiger partial charge in [0.05, 0.1) is 24.8 Å². The number of carboxylic acid groups (broad SMARTS) is 1. The lowest BCUT2D eigenvalue weighted by atomic mass is 10.1. The van der Waals surface area contributed by atoms with E-state index >= 15 is 0 Å². The number of piperidine rings is 1. The van der Waals surface area contributed by atoms with Crippen molar-refractivity contribution in [1.29, 1.82) is 0 Å². The van der Waals surface area contributed by atoms with Gasteiger partial charge in [0.2, 0.25) is 5.88 Å². The minimum atomic E-state index is -1.40. The van der Waals surface area contributed by atoms with Gasteiger partial charge in [-0.25, -0.2) is 23.8 Å². The smallest absolute Gasteiger partial charge is 0.407 e. The molecule has 2 aromatic rings. The van der Waals surface area contributed by atoms with Gasteiger partial charge in [-0.05, 0) is 6.92 Å². The minimum Gasteiger partial charge on any atom is -0.471 e. The highest BCUT2D eigenvalue weighted by molar-refractivity contribution is 5.65. The van der Waals surface area contributed by atoms with E-state index in [1.165, 1.54) is 6.33 Å². The molecule has 1 amide bonds. The van der Waals surface area contributed by atoms with Crippen molar-refractivity contribution in [3.05, 3.63) is 24.2 Å². The summed E-state index contributed by atoms with van der Waals surface area (Å²) in [5.74, 6) is 1.97.